The van der Waals surface area contributed by atoms with E-state index < -0.39 is 5.97 Å². The summed E-state index contributed by atoms with van der Waals surface area (Å²) in [5.74, 6) is -1.61. The van der Waals surface area contributed by atoms with E-state index in [2.05, 4.69) is 0 Å². The summed E-state index contributed by atoms with van der Waals surface area (Å²) in [6, 6.07) is 0. The highest BCUT2D eigenvalue weighted by Crippen LogP contribution is 2.30. The molecule has 1 heterocycles. The van der Waals surface area contributed by atoms with E-state index in [1.165, 1.54) is 0 Å². The first kappa shape index (κ1) is 9.03. The molecule has 0 aromatic heterocycles. The van der Waals surface area contributed by atoms with Crippen molar-refractivity contribution < 1.29 is 19.4 Å². The molecule has 0 bridgehead atoms. The van der Waals surface area contributed by atoms with Crippen molar-refractivity contribution in [3.8, 4) is 0 Å². The molecule has 0 amide bonds. The molecule has 0 saturated carbocycles. The van der Waals surface area contributed by atoms with Crippen LogP contribution in [0.1, 0.15) is 20.3 Å². The van der Waals surface area contributed by atoms with Crippen molar-refractivity contribution in [1.29, 1.82) is 0 Å². The number of carbonyl (C=O) groups excluding carboxylic acids is 1. The Morgan fingerprint density at radius 2 is 2.17 bits per heavy atom. The zero-order valence-corrected chi connectivity index (χ0v) is 7.11. The minimum Gasteiger partial charge on any atom is -0.481 e. The van der Waals surface area contributed by atoms with Crippen LogP contribution in [0.5, 0.6) is 0 Å². The van der Waals surface area contributed by atoms with Crippen molar-refractivity contribution in [3.05, 3.63) is 0 Å². The second-order valence-electron chi connectivity index (χ2n) is 3.19. The van der Waals surface area contributed by atoms with Gasteiger partial charge in [-0.15, -0.1) is 0 Å². The Hall–Kier alpha value is -1.06. The van der Waals surface area contributed by atoms with E-state index in [0.29, 0.717) is 0 Å². The number of carboxylic acid groups (broad SMARTS) is 1. The molecule has 4 nitrogen and oxygen atoms in total. The smallest absolute Gasteiger partial charge is 0.309 e. The van der Waals surface area contributed by atoms with Gasteiger partial charge in [0.05, 0.1) is 12.3 Å². The molecule has 1 aliphatic heterocycles. The summed E-state index contributed by atoms with van der Waals surface area (Å²) in [5, 5.41) is 8.53. The minimum atomic E-state index is -0.878. The Labute approximate surface area is 70.5 Å². The third kappa shape index (κ3) is 1.57. The number of ether oxygens (including phenoxy) is 1. The van der Waals surface area contributed by atoms with Crippen LogP contribution in [0.4, 0.5) is 0 Å². The highest BCUT2D eigenvalue weighted by molar-refractivity contribution is 5.76. The number of carbonyl (C=O) groups is 2. The van der Waals surface area contributed by atoms with E-state index in [1.54, 1.807) is 13.8 Å². The van der Waals surface area contributed by atoms with Gasteiger partial charge in [-0.05, 0) is 6.92 Å². The molecule has 1 saturated heterocycles. The van der Waals surface area contributed by atoms with Crippen LogP contribution in [0.2, 0.25) is 0 Å². The number of cyclic esters (lactones) is 1. The summed E-state index contributed by atoms with van der Waals surface area (Å²) in [4.78, 5) is 21.3. The van der Waals surface area contributed by atoms with E-state index in [9.17, 15) is 9.59 Å². The van der Waals surface area contributed by atoms with Gasteiger partial charge in [-0.3, -0.25) is 9.59 Å². The molecule has 0 aromatic carbocycles. The number of rotatable bonds is 2. The minimum absolute atomic E-state index is 0.00801. The van der Waals surface area contributed by atoms with Gasteiger partial charge in [0, 0.05) is 5.92 Å². The number of hydrogen-bond donors (Lipinski definition) is 1. The SMILES string of the molecule is C[C@@H]1OC(=O)[C@H](C)[C@H]1CC(=O)O. The number of carboxylic acids is 1. The normalized spacial score (nSPS) is 34.8. The standard InChI is InChI=1S/C8H12O4/c1-4-6(3-7(9)10)5(2)12-8(4)11/h4-6H,3H2,1-2H3,(H,9,10)/t4-,5+,6-/m1/s1. The van der Waals surface area contributed by atoms with Gasteiger partial charge in [-0.1, -0.05) is 6.92 Å². The Kier molecular flexibility index (Phi) is 2.35. The maximum atomic E-state index is 11.0. The van der Waals surface area contributed by atoms with Gasteiger partial charge in [0.1, 0.15) is 6.10 Å². The van der Waals surface area contributed by atoms with Crippen molar-refractivity contribution in [3.63, 3.8) is 0 Å². The summed E-state index contributed by atoms with van der Waals surface area (Å²) in [6.07, 6.45) is -0.253. The average molecular weight is 172 g/mol. The molecule has 0 aliphatic carbocycles. The first-order valence-electron chi connectivity index (χ1n) is 3.94. The van der Waals surface area contributed by atoms with E-state index in [0.717, 1.165) is 0 Å². The maximum absolute atomic E-state index is 11.0. The first-order valence-corrected chi connectivity index (χ1v) is 3.94. The second-order valence-corrected chi connectivity index (χ2v) is 3.19. The van der Waals surface area contributed by atoms with Gasteiger partial charge in [0.15, 0.2) is 0 Å². The summed E-state index contributed by atoms with van der Waals surface area (Å²) in [5.41, 5.74) is 0. The van der Waals surface area contributed by atoms with Gasteiger partial charge in [-0.25, -0.2) is 0 Å². The van der Waals surface area contributed by atoms with E-state index in [4.69, 9.17) is 9.84 Å². The van der Waals surface area contributed by atoms with Crippen LogP contribution >= 0.6 is 0 Å². The molecule has 1 rings (SSSR count). The highest BCUT2D eigenvalue weighted by Gasteiger charge is 2.40. The quantitative estimate of drug-likeness (QED) is 0.621. The molecule has 4 heteroatoms. The average Bonchev–Trinajstić information content (AvgIpc) is 2.16. The lowest BCUT2D eigenvalue weighted by Gasteiger charge is -2.11. The lowest BCUT2D eigenvalue weighted by atomic mass is 9.90. The van der Waals surface area contributed by atoms with Gasteiger partial charge in [0.25, 0.3) is 0 Å². The second kappa shape index (κ2) is 3.13. The summed E-state index contributed by atoms with van der Waals surface area (Å²) in [7, 11) is 0. The van der Waals surface area contributed by atoms with Crippen molar-refractivity contribution in [2.24, 2.45) is 11.8 Å². The molecular weight excluding hydrogens is 160 g/mol. The molecule has 68 valence electrons. The molecule has 1 N–H and O–H groups in total. The number of hydrogen-bond acceptors (Lipinski definition) is 3. The predicted molar refractivity (Wildman–Crippen MR) is 40.5 cm³/mol. The van der Waals surface area contributed by atoms with Crippen LogP contribution in [0.15, 0.2) is 0 Å². The monoisotopic (exact) mass is 172 g/mol. The third-order valence-electron chi connectivity index (χ3n) is 2.33. The zero-order chi connectivity index (χ0) is 9.30. The van der Waals surface area contributed by atoms with Crippen LogP contribution in [-0.2, 0) is 14.3 Å². The molecule has 1 fully saturated rings. The molecular formula is C8H12O4. The molecule has 12 heavy (non-hydrogen) atoms. The van der Waals surface area contributed by atoms with Crippen LogP contribution in [0.25, 0.3) is 0 Å². The molecule has 0 radical (unpaired) electrons. The lowest BCUT2D eigenvalue weighted by molar-refractivity contribution is -0.143. The van der Waals surface area contributed by atoms with Crippen molar-refractivity contribution in [2.75, 3.05) is 0 Å². The summed E-state index contributed by atoms with van der Waals surface area (Å²) in [6.45, 7) is 3.44. The van der Waals surface area contributed by atoms with Crippen LogP contribution in [0.3, 0.4) is 0 Å². The topological polar surface area (TPSA) is 63.6 Å². The van der Waals surface area contributed by atoms with Gasteiger partial charge < -0.3 is 9.84 Å². The molecule has 0 aromatic rings. The molecule has 3 atom stereocenters. The Balaban J connectivity index is 2.63. The van der Waals surface area contributed by atoms with E-state index >= 15 is 0 Å². The zero-order valence-electron chi connectivity index (χ0n) is 7.11. The summed E-state index contributed by atoms with van der Waals surface area (Å²) < 4.78 is 4.88. The molecule has 0 spiro atoms. The van der Waals surface area contributed by atoms with Crippen molar-refractivity contribution in [2.45, 2.75) is 26.4 Å². The Bertz CT molecular complexity index is 211. The molecule has 1 aliphatic rings. The fraction of sp³-hybridized carbons (Fsp3) is 0.750. The summed E-state index contributed by atoms with van der Waals surface area (Å²) >= 11 is 0. The van der Waals surface area contributed by atoms with Crippen molar-refractivity contribution >= 4 is 11.9 Å². The Morgan fingerprint density at radius 3 is 2.50 bits per heavy atom. The van der Waals surface area contributed by atoms with Crippen LogP contribution < -0.4 is 0 Å². The van der Waals surface area contributed by atoms with E-state index in [-0.39, 0.29) is 30.3 Å². The Morgan fingerprint density at radius 1 is 1.58 bits per heavy atom. The van der Waals surface area contributed by atoms with Gasteiger partial charge >= 0.3 is 11.9 Å². The third-order valence-corrected chi connectivity index (χ3v) is 2.33. The maximum Gasteiger partial charge on any atom is 0.309 e. The van der Waals surface area contributed by atoms with E-state index in [1.807, 2.05) is 0 Å². The highest BCUT2D eigenvalue weighted by atomic mass is 16.6. The largest absolute Gasteiger partial charge is 0.481 e. The fourth-order valence-corrected chi connectivity index (χ4v) is 1.50. The van der Waals surface area contributed by atoms with Gasteiger partial charge in [0.2, 0.25) is 0 Å². The number of esters is 1. The number of aliphatic carboxylic acids is 1. The lowest BCUT2D eigenvalue weighted by Crippen LogP contribution is -2.20. The van der Waals surface area contributed by atoms with Crippen molar-refractivity contribution in [1.82, 2.24) is 0 Å². The first-order chi connectivity index (χ1) is 5.52. The predicted octanol–water partition coefficient (Wildman–Crippen LogP) is 0.659. The van der Waals surface area contributed by atoms with Crippen LogP contribution in [0, 0.1) is 11.8 Å². The van der Waals surface area contributed by atoms with Gasteiger partial charge in [-0.2, -0.15) is 0 Å². The molecule has 0 unspecified atom stereocenters. The van der Waals surface area contributed by atoms with Crippen LogP contribution in [-0.4, -0.2) is 23.1 Å². The fourth-order valence-electron chi connectivity index (χ4n) is 1.50.